The van der Waals surface area contributed by atoms with E-state index in [1.807, 2.05) is 0 Å². The second kappa shape index (κ2) is 6.45. The van der Waals surface area contributed by atoms with Gasteiger partial charge in [0.15, 0.2) is 47.1 Å². The van der Waals surface area contributed by atoms with Crippen molar-refractivity contribution in [3.63, 3.8) is 0 Å². The predicted molar refractivity (Wildman–Crippen MR) is 64.5 cm³/mol. The first-order valence-corrected chi connectivity index (χ1v) is 6.05. The quantitative estimate of drug-likeness (QED) is 0.370. The Morgan fingerprint density at radius 3 is 0.958 bits per heavy atom. The Balaban J connectivity index is 2.50. The van der Waals surface area contributed by atoms with Crippen LogP contribution < -0.4 is 0 Å². The Morgan fingerprint density at radius 1 is 0.583 bits per heavy atom. The molecule has 18 heteroatoms. The van der Waals surface area contributed by atoms with Gasteiger partial charge in [0.2, 0.25) is 0 Å². The second-order valence-electron chi connectivity index (χ2n) is 4.46. The van der Waals surface area contributed by atoms with Gasteiger partial charge >= 0.3 is 0 Å². The number of hydrazine groups is 4. The van der Waals surface area contributed by atoms with E-state index in [2.05, 4.69) is 0 Å². The van der Waals surface area contributed by atoms with Crippen LogP contribution in [0.2, 0.25) is 0 Å². The molecule has 0 aliphatic carbocycles. The van der Waals surface area contributed by atoms with E-state index in [1.165, 1.54) is 0 Å². The monoisotopic (exact) mass is 354 g/mol. The van der Waals surface area contributed by atoms with Crippen molar-refractivity contribution in [2.24, 2.45) is 0 Å². The van der Waals surface area contributed by atoms with Crippen molar-refractivity contribution >= 4 is 0 Å². The first-order chi connectivity index (χ1) is 11.3. The zero-order valence-corrected chi connectivity index (χ0v) is 11.6. The molecule has 0 radical (unpaired) electrons. The van der Waals surface area contributed by atoms with Crippen molar-refractivity contribution in [3.8, 4) is 0 Å². The van der Waals surface area contributed by atoms with Crippen LogP contribution in [0.5, 0.6) is 0 Å². The highest BCUT2D eigenvalue weighted by Crippen LogP contribution is 2.25. The molecule has 2 aliphatic heterocycles. The molecule has 0 amide bonds. The van der Waals surface area contributed by atoms with Crippen molar-refractivity contribution in [2.45, 2.75) is 12.3 Å². The third-order valence-corrected chi connectivity index (χ3v) is 3.22. The molecule has 0 aromatic carbocycles. The number of rotatable bonds is 5. The summed E-state index contributed by atoms with van der Waals surface area (Å²) in [5.74, 6) is 0. The summed E-state index contributed by atoms with van der Waals surface area (Å²) < 4.78 is 9.38. The molecule has 0 bridgehead atoms. The summed E-state index contributed by atoms with van der Waals surface area (Å²) in [6, 6.07) is 0. The third-order valence-electron chi connectivity index (χ3n) is 3.22. The van der Waals surface area contributed by atoms with Crippen LogP contribution in [0.4, 0.5) is 0 Å². The summed E-state index contributed by atoms with van der Waals surface area (Å²) in [7, 11) is 0. The van der Waals surface area contributed by atoms with E-state index in [4.69, 9.17) is 9.47 Å². The van der Waals surface area contributed by atoms with Crippen molar-refractivity contribution in [1.29, 1.82) is 0 Å². The number of ether oxygens (including phenoxy) is 2. The second-order valence-corrected chi connectivity index (χ2v) is 4.46. The van der Waals surface area contributed by atoms with Gasteiger partial charge in [0.05, 0.1) is 0 Å². The van der Waals surface area contributed by atoms with Gasteiger partial charge in [-0.05, 0) is 0 Å². The minimum Gasteiger partial charge on any atom is -0.329 e. The minimum atomic E-state index is -1.98. The lowest BCUT2D eigenvalue weighted by atomic mass is 10.3. The highest BCUT2D eigenvalue weighted by atomic mass is 16.7. The van der Waals surface area contributed by atoms with Crippen LogP contribution in [0, 0.1) is 40.5 Å². The molecule has 0 unspecified atom stereocenters. The summed E-state index contributed by atoms with van der Waals surface area (Å²) in [5.41, 5.74) is 0. The lowest BCUT2D eigenvalue weighted by Crippen LogP contribution is -2.73. The molecule has 0 saturated carbocycles. The largest absolute Gasteiger partial charge is 0.329 e. The topological polar surface area (TPSA) is 204 Å². The first kappa shape index (κ1) is 17.1. The van der Waals surface area contributed by atoms with Crippen LogP contribution in [0.1, 0.15) is 0 Å². The van der Waals surface area contributed by atoms with Gasteiger partial charge in [-0.3, -0.25) is 0 Å². The lowest BCUT2D eigenvalue weighted by molar-refractivity contribution is -0.794. The minimum absolute atomic E-state index is 0.162. The standard InChI is InChI=1S/C6H10N8O10/c15-11(16)7-1-23-2-8(12(17)18)5(7)6-9(13(19)20)3-24-4-10(6)14(21)22/h5-6H,1-4H2. The Bertz CT molecular complexity index is 465. The summed E-state index contributed by atoms with van der Waals surface area (Å²) in [6.45, 7) is -3.01. The average molecular weight is 354 g/mol. The van der Waals surface area contributed by atoms with E-state index in [1.54, 1.807) is 0 Å². The van der Waals surface area contributed by atoms with Crippen LogP contribution in [0.3, 0.4) is 0 Å². The van der Waals surface area contributed by atoms with E-state index in [-0.39, 0.29) is 20.0 Å². The van der Waals surface area contributed by atoms with Gasteiger partial charge in [0, 0.05) is 0 Å². The van der Waals surface area contributed by atoms with Gasteiger partial charge in [-0.25, -0.2) is 40.5 Å². The summed E-state index contributed by atoms with van der Waals surface area (Å²) >= 11 is 0. The highest BCUT2D eigenvalue weighted by Gasteiger charge is 2.59. The molecule has 0 atom stereocenters. The SMILES string of the molecule is O=[N+]([O-])N1COCN([N+](=O)[O-])C1C1N([N+](=O)[O-])COCN1[N+](=O)[O-]. The van der Waals surface area contributed by atoms with Crippen LogP contribution >= 0.6 is 0 Å². The zero-order chi connectivity index (χ0) is 18.0. The Kier molecular flexibility index (Phi) is 4.59. The molecule has 0 aromatic heterocycles. The lowest BCUT2D eigenvalue weighted by Gasteiger charge is -2.41. The fourth-order valence-electron chi connectivity index (χ4n) is 2.26. The maximum Gasteiger partial charge on any atom is 0.272 e. The van der Waals surface area contributed by atoms with Gasteiger partial charge in [0.25, 0.3) is 12.3 Å². The number of nitrogens with zero attached hydrogens (tertiary/aromatic N) is 8. The van der Waals surface area contributed by atoms with Crippen molar-refractivity contribution in [3.05, 3.63) is 40.5 Å². The Morgan fingerprint density at radius 2 is 0.792 bits per heavy atom. The summed E-state index contributed by atoms with van der Waals surface area (Å²) in [5, 5.41) is 40.8. The molecule has 2 heterocycles. The molecular formula is C6H10N8O10. The van der Waals surface area contributed by atoms with E-state index < -0.39 is 59.4 Å². The molecule has 2 rings (SSSR count). The maximum absolute atomic E-state index is 11.1. The van der Waals surface area contributed by atoms with Crippen LogP contribution in [0.25, 0.3) is 0 Å². The highest BCUT2D eigenvalue weighted by molar-refractivity contribution is 4.77. The molecule has 2 fully saturated rings. The predicted octanol–water partition coefficient (Wildman–Crippen LogP) is -2.50. The van der Waals surface area contributed by atoms with Gasteiger partial charge < -0.3 is 9.47 Å². The summed E-state index contributed by atoms with van der Waals surface area (Å²) in [4.78, 5) is 44.5. The van der Waals surface area contributed by atoms with Gasteiger partial charge in [0.1, 0.15) is 0 Å². The molecule has 18 nitrogen and oxygen atoms in total. The molecular weight excluding hydrogens is 344 g/mol. The zero-order valence-electron chi connectivity index (χ0n) is 11.6. The molecule has 0 aromatic rings. The fraction of sp³-hybridized carbons (Fsp3) is 1.00. The molecule has 0 N–H and O–H groups in total. The van der Waals surface area contributed by atoms with E-state index in [9.17, 15) is 40.5 Å². The van der Waals surface area contributed by atoms with Crippen molar-refractivity contribution < 1.29 is 29.6 Å². The Hall–Kier alpha value is -3.28. The fourth-order valence-corrected chi connectivity index (χ4v) is 2.26. The number of hydrogen-bond donors (Lipinski definition) is 0. The number of hydrogen-bond acceptors (Lipinski definition) is 10. The molecule has 2 saturated heterocycles. The molecule has 2 aliphatic rings. The van der Waals surface area contributed by atoms with E-state index in [0.29, 0.717) is 0 Å². The van der Waals surface area contributed by atoms with Crippen molar-refractivity contribution in [2.75, 3.05) is 26.9 Å². The molecule has 0 spiro atoms. The summed E-state index contributed by atoms with van der Waals surface area (Å²) in [6.07, 6.45) is -3.97. The van der Waals surface area contributed by atoms with E-state index in [0.717, 1.165) is 0 Å². The van der Waals surface area contributed by atoms with Gasteiger partial charge in [-0.15, -0.1) is 0 Å². The first-order valence-electron chi connectivity index (χ1n) is 6.05. The van der Waals surface area contributed by atoms with Crippen LogP contribution in [-0.2, 0) is 9.47 Å². The smallest absolute Gasteiger partial charge is 0.272 e. The Labute approximate surface area is 130 Å². The van der Waals surface area contributed by atoms with Gasteiger partial charge in [-0.2, -0.15) is 0 Å². The maximum atomic E-state index is 11.1. The number of nitro groups is 4. The third kappa shape index (κ3) is 2.94. The van der Waals surface area contributed by atoms with Crippen LogP contribution in [-0.4, -0.2) is 79.4 Å². The molecule has 134 valence electrons. The van der Waals surface area contributed by atoms with Crippen LogP contribution in [0.15, 0.2) is 0 Å². The average Bonchev–Trinajstić information content (AvgIpc) is 2.52. The molecule has 24 heavy (non-hydrogen) atoms. The normalized spacial score (nSPS) is 20.2. The van der Waals surface area contributed by atoms with Gasteiger partial charge in [-0.1, -0.05) is 20.0 Å². The van der Waals surface area contributed by atoms with E-state index >= 15 is 0 Å². The van der Waals surface area contributed by atoms with Crippen molar-refractivity contribution in [1.82, 2.24) is 20.0 Å².